The van der Waals surface area contributed by atoms with Crippen LogP contribution in [0.25, 0.3) is 0 Å². The van der Waals surface area contributed by atoms with Crippen molar-refractivity contribution in [2.45, 2.75) is 6.92 Å². The van der Waals surface area contributed by atoms with E-state index in [0.717, 1.165) is 24.6 Å². The molecule has 1 aliphatic rings. The first kappa shape index (κ1) is 8.30. The van der Waals surface area contributed by atoms with Crippen LogP contribution in [0.5, 0.6) is 0 Å². The molecular formula is C11H14N2. The highest BCUT2D eigenvalue weighted by Gasteiger charge is 2.24. The summed E-state index contributed by atoms with van der Waals surface area (Å²) < 4.78 is 0. The number of rotatable bonds is 1. The maximum Gasteiger partial charge on any atom is 0.128 e. The highest BCUT2D eigenvalue weighted by atomic mass is 15.2. The molecule has 1 aliphatic heterocycles. The van der Waals surface area contributed by atoms with Crippen LogP contribution in [0.4, 0.5) is 0 Å². The molecule has 0 aliphatic carbocycles. The lowest BCUT2D eigenvalue weighted by Crippen LogP contribution is -2.48. The number of likely N-dealkylation sites (tertiary alicyclic amines) is 1. The normalized spacial score (nSPS) is 16.8. The fraction of sp³-hybridized carbons (Fsp3) is 0.364. The zero-order valence-electron chi connectivity index (χ0n) is 7.83. The molecule has 0 saturated carbocycles. The Labute approximate surface area is 78.7 Å². The van der Waals surface area contributed by atoms with Crippen LogP contribution in [0.2, 0.25) is 0 Å². The van der Waals surface area contributed by atoms with Crippen molar-refractivity contribution >= 4 is 5.84 Å². The molecule has 0 radical (unpaired) electrons. The molecule has 2 heteroatoms. The van der Waals surface area contributed by atoms with Gasteiger partial charge in [0.2, 0.25) is 0 Å². The van der Waals surface area contributed by atoms with Gasteiger partial charge in [-0.1, -0.05) is 37.3 Å². The summed E-state index contributed by atoms with van der Waals surface area (Å²) >= 11 is 0. The Kier molecular flexibility index (Phi) is 2.05. The van der Waals surface area contributed by atoms with Crippen LogP contribution in [0.15, 0.2) is 30.3 Å². The molecule has 1 N–H and O–H groups in total. The number of hydrogen-bond donors (Lipinski definition) is 1. The summed E-state index contributed by atoms with van der Waals surface area (Å²) in [5.74, 6) is 1.42. The van der Waals surface area contributed by atoms with Crippen LogP contribution >= 0.6 is 0 Å². The lowest BCUT2D eigenvalue weighted by molar-refractivity contribution is 0.205. The van der Waals surface area contributed by atoms with Gasteiger partial charge >= 0.3 is 0 Å². The van der Waals surface area contributed by atoms with Crippen molar-refractivity contribution in [3.05, 3.63) is 35.9 Å². The van der Waals surface area contributed by atoms with E-state index in [1.165, 1.54) is 0 Å². The smallest absolute Gasteiger partial charge is 0.128 e. The maximum absolute atomic E-state index is 7.90. The fourth-order valence-electron chi connectivity index (χ4n) is 1.66. The molecule has 1 fully saturated rings. The second kappa shape index (κ2) is 3.21. The Morgan fingerprint density at radius 3 is 2.46 bits per heavy atom. The summed E-state index contributed by atoms with van der Waals surface area (Å²) in [6, 6.07) is 9.92. The second-order valence-corrected chi connectivity index (χ2v) is 3.72. The van der Waals surface area contributed by atoms with Gasteiger partial charge in [-0.25, -0.2) is 0 Å². The highest BCUT2D eigenvalue weighted by Crippen LogP contribution is 2.17. The minimum absolute atomic E-state index is 0.665. The molecular weight excluding hydrogens is 160 g/mol. The van der Waals surface area contributed by atoms with Crippen molar-refractivity contribution in [1.29, 1.82) is 5.41 Å². The number of benzene rings is 1. The van der Waals surface area contributed by atoms with Crippen molar-refractivity contribution in [3.8, 4) is 0 Å². The van der Waals surface area contributed by atoms with Gasteiger partial charge in [-0.2, -0.15) is 0 Å². The Morgan fingerprint density at radius 1 is 1.31 bits per heavy atom. The quantitative estimate of drug-likeness (QED) is 0.511. The minimum atomic E-state index is 0.665. The topological polar surface area (TPSA) is 27.1 Å². The Hall–Kier alpha value is -1.31. The van der Waals surface area contributed by atoms with Crippen LogP contribution in [0.1, 0.15) is 12.5 Å². The lowest BCUT2D eigenvalue weighted by Gasteiger charge is -2.39. The van der Waals surface area contributed by atoms with Gasteiger partial charge in [0.25, 0.3) is 0 Å². The van der Waals surface area contributed by atoms with E-state index in [0.29, 0.717) is 5.84 Å². The molecule has 13 heavy (non-hydrogen) atoms. The molecule has 1 saturated heterocycles. The van der Waals surface area contributed by atoms with Crippen molar-refractivity contribution in [2.75, 3.05) is 13.1 Å². The zero-order chi connectivity index (χ0) is 9.26. The summed E-state index contributed by atoms with van der Waals surface area (Å²) in [6.45, 7) is 4.29. The average Bonchev–Trinajstić information content (AvgIpc) is 2.13. The standard InChI is InChI=1S/C11H14N2/c1-9-7-13(8-9)11(12)10-5-3-2-4-6-10/h2-6,9,12H,7-8H2,1H3. The number of nitrogens with one attached hydrogen (secondary N) is 1. The number of nitrogens with zero attached hydrogens (tertiary/aromatic N) is 1. The Balaban J connectivity index is 2.06. The summed E-state index contributed by atoms with van der Waals surface area (Å²) in [4.78, 5) is 2.11. The Morgan fingerprint density at radius 2 is 1.92 bits per heavy atom. The van der Waals surface area contributed by atoms with E-state index in [4.69, 9.17) is 5.41 Å². The first-order valence-electron chi connectivity index (χ1n) is 4.66. The van der Waals surface area contributed by atoms with Gasteiger partial charge in [0, 0.05) is 18.7 Å². The van der Waals surface area contributed by atoms with Crippen molar-refractivity contribution in [1.82, 2.24) is 4.90 Å². The molecule has 0 amide bonds. The average molecular weight is 174 g/mol. The van der Waals surface area contributed by atoms with E-state index in [2.05, 4.69) is 11.8 Å². The van der Waals surface area contributed by atoms with Gasteiger partial charge in [-0.05, 0) is 5.92 Å². The predicted octanol–water partition coefficient (Wildman–Crippen LogP) is 1.96. The molecule has 0 spiro atoms. The van der Waals surface area contributed by atoms with Crippen molar-refractivity contribution in [3.63, 3.8) is 0 Å². The molecule has 0 bridgehead atoms. The zero-order valence-corrected chi connectivity index (χ0v) is 7.83. The molecule has 2 rings (SSSR count). The Bertz CT molecular complexity index is 299. The van der Waals surface area contributed by atoms with E-state index in [-0.39, 0.29) is 0 Å². The fourth-order valence-corrected chi connectivity index (χ4v) is 1.66. The summed E-state index contributed by atoms with van der Waals surface area (Å²) in [5.41, 5.74) is 1.02. The molecule has 1 heterocycles. The van der Waals surface area contributed by atoms with Crippen molar-refractivity contribution in [2.24, 2.45) is 5.92 Å². The van der Waals surface area contributed by atoms with Crippen LogP contribution in [0, 0.1) is 11.3 Å². The monoisotopic (exact) mass is 174 g/mol. The highest BCUT2D eigenvalue weighted by molar-refractivity contribution is 5.96. The first-order valence-corrected chi connectivity index (χ1v) is 4.66. The predicted molar refractivity (Wildman–Crippen MR) is 54.0 cm³/mol. The van der Waals surface area contributed by atoms with E-state index in [1.54, 1.807) is 0 Å². The van der Waals surface area contributed by atoms with E-state index in [1.807, 2.05) is 30.3 Å². The summed E-state index contributed by atoms with van der Waals surface area (Å²) in [7, 11) is 0. The van der Waals surface area contributed by atoms with E-state index >= 15 is 0 Å². The summed E-state index contributed by atoms with van der Waals surface area (Å²) in [5, 5.41) is 7.90. The molecule has 1 aromatic carbocycles. The lowest BCUT2D eigenvalue weighted by atomic mass is 10.0. The minimum Gasteiger partial charge on any atom is -0.356 e. The van der Waals surface area contributed by atoms with E-state index < -0.39 is 0 Å². The van der Waals surface area contributed by atoms with Gasteiger partial charge in [-0.3, -0.25) is 5.41 Å². The van der Waals surface area contributed by atoms with Gasteiger partial charge in [0.05, 0.1) is 0 Å². The van der Waals surface area contributed by atoms with Gasteiger partial charge < -0.3 is 4.90 Å². The number of hydrogen-bond acceptors (Lipinski definition) is 1. The number of amidine groups is 1. The molecule has 0 unspecified atom stereocenters. The molecule has 0 atom stereocenters. The molecule has 68 valence electrons. The van der Waals surface area contributed by atoms with Gasteiger partial charge in [0.1, 0.15) is 5.84 Å². The summed E-state index contributed by atoms with van der Waals surface area (Å²) in [6.07, 6.45) is 0. The van der Waals surface area contributed by atoms with Crippen LogP contribution in [-0.4, -0.2) is 23.8 Å². The third-order valence-electron chi connectivity index (χ3n) is 2.43. The van der Waals surface area contributed by atoms with Crippen LogP contribution in [-0.2, 0) is 0 Å². The van der Waals surface area contributed by atoms with Gasteiger partial charge in [0.15, 0.2) is 0 Å². The SMILES string of the molecule is CC1CN(C(=N)c2ccccc2)C1. The third-order valence-corrected chi connectivity index (χ3v) is 2.43. The first-order chi connectivity index (χ1) is 6.27. The second-order valence-electron chi connectivity index (χ2n) is 3.72. The third kappa shape index (κ3) is 1.57. The largest absolute Gasteiger partial charge is 0.356 e. The molecule has 0 aromatic heterocycles. The van der Waals surface area contributed by atoms with Crippen LogP contribution < -0.4 is 0 Å². The maximum atomic E-state index is 7.90. The molecule has 1 aromatic rings. The molecule has 2 nitrogen and oxygen atoms in total. The van der Waals surface area contributed by atoms with E-state index in [9.17, 15) is 0 Å². The van der Waals surface area contributed by atoms with Crippen molar-refractivity contribution < 1.29 is 0 Å². The van der Waals surface area contributed by atoms with Crippen LogP contribution in [0.3, 0.4) is 0 Å². The van der Waals surface area contributed by atoms with Gasteiger partial charge in [-0.15, -0.1) is 0 Å².